The zero-order chi connectivity index (χ0) is 13.0. The molecule has 0 aliphatic carbocycles. The number of phenolic OH excluding ortho intramolecular Hbond substituents is 1. The van der Waals surface area contributed by atoms with Crippen molar-refractivity contribution in [2.24, 2.45) is 0 Å². The number of para-hydroxylation sites is 1. The average Bonchev–Trinajstić information content (AvgIpc) is 2.38. The summed E-state index contributed by atoms with van der Waals surface area (Å²) in [5.74, 6) is -0.193. The third-order valence-corrected chi connectivity index (χ3v) is 3.19. The first-order valence-electron chi connectivity index (χ1n) is 5.43. The van der Waals surface area contributed by atoms with Crippen LogP contribution in [0.3, 0.4) is 0 Å². The Balaban J connectivity index is 2.17. The van der Waals surface area contributed by atoms with Gasteiger partial charge in [-0.3, -0.25) is 4.79 Å². The Bertz CT molecular complexity index is 586. The molecule has 0 heterocycles. The van der Waals surface area contributed by atoms with Crippen molar-refractivity contribution in [3.05, 3.63) is 69.3 Å². The number of allylic oxidation sites excluding steroid dienone is 1. The monoisotopic (exact) mass is 350 g/mol. The van der Waals surface area contributed by atoms with Gasteiger partial charge in [0.1, 0.15) is 5.75 Å². The molecule has 0 fully saturated rings. The number of benzene rings is 2. The smallest absolute Gasteiger partial charge is 0.189 e. The van der Waals surface area contributed by atoms with Gasteiger partial charge in [0.05, 0.1) is 5.56 Å². The van der Waals surface area contributed by atoms with E-state index in [-0.39, 0.29) is 11.5 Å². The van der Waals surface area contributed by atoms with E-state index in [0.29, 0.717) is 5.56 Å². The van der Waals surface area contributed by atoms with Crippen molar-refractivity contribution < 1.29 is 9.90 Å². The molecule has 0 aromatic heterocycles. The van der Waals surface area contributed by atoms with Gasteiger partial charge in [0.25, 0.3) is 0 Å². The minimum absolute atomic E-state index is 0.00904. The van der Waals surface area contributed by atoms with E-state index in [2.05, 4.69) is 22.6 Å². The lowest BCUT2D eigenvalue weighted by molar-refractivity contribution is 0.104. The molecule has 0 aliphatic heterocycles. The molecule has 2 aromatic carbocycles. The minimum atomic E-state index is -0.202. The molecule has 3 heteroatoms. The number of carbonyl (C=O) groups excluding carboxylic acids is 1. The molecule has 0 saturated carbocycles. The highest BCUT2D eigenvalue weighted by Crippen LogP contribution is 2.17. The van der Waals surface area contributed by atoms with Crippen LogP contribution in [0.15, 0.2) is 54.6 Å². The van der Waals surface area contributed by atoms with Crippen LogP contribution in [0.5, 0.6) is 5.75 Å². The summed E-state index contributed by atoms with van der Waals surface area (Å²) in [4.78, 5) is 11.9. The molecule has 0 saturated heterocycles. The van der Waals surface area contributed by atoms with E-state index in [4.69, 9.17) is 0 Å². The molecule has 0 bridgehead atoms. The molecule has 2 aromatic rings. The van der Waals surface area contributed by atoms with E-state index in [0.717, 1.165) is 9.13 Å². The molecule has 2 nitrogen and oxygen atoms in total. The van der Waals surface area contributed by atoms with Crippen LogP contribution in [0.2, 0.25) is 0 Å². The second-order valence-corrected chi connectivity index (χ2v) is 5.01. The van der Waals surface area contributed by atoms with E-state index in [9.17, 15) is 9.90 Å². The first-order chi connectivity index (χ1) is 8.66. The van der Waals surface area contributed by atoms with Gasteiger partial charge >= 0.3 is 0 Å². The van der Waals surface area contributed by atoms with Crippen molar-refractivity contribution >= 4 is 34.5 Å². The quantitative estimate of drug-likeness (QED) is 0.518. The normalized spacial score (nSPS) is 10.7. The number of carbonyl (C=O) groups is 1. The Labute approximate surface area is 119 Å². The Morgan fingerprint density at radius 2 is 1.72 bits per heavy atom. The molecule has 0 unspecified atom stereocenters. The molecular formula is C15H11IO2. The maximum Gasteiger partial charge on any atom is 0.189 e. The topological polar surface area (TPSA) is 37.3 Å². The summed E-state index contributed by atoms with van der Waals surface area (Å²) < 4.78 is 1.15. The van der Waals surface area contributed by atoms with Gasteiger partial charge in [0, 0.05) is 3.57 Å². The lowest BCUT2D eigenvalue weighted by Gasteiger charge is -1.99. The Kier molecular flexibility index (Phi) is 4.15. The first kappa shape index (κ1) is 12.8. The van der Waals surface area contributed by atoms with Crippen molar-refractivity contribution in [2.45, 2.75) is 0 Å². The maximum absolute atomic E-state index is 11.9. The molecule has 0 atom stereocenters. The van der Waals surface area contributed by atoms with Crippen LogP contribution < -0.4 is 0 Å². The number of rotatable bonds is 3. The standard InChI is InChI=1S/C15H11IO2/c16-12-8-5-11(6-9-12)7-10-15(18)13-3-1-2-4-14(13)17/h1-10,17H. The van der Waals surface area contributed by atoms with Gasteiger partial charge in [-0.2, -0.15) is 0 Å². The number of halogens is 1. The Hall–Kier alpha value is -1.62. The Morgan fingerprint density at radius 1 is 1.06 bits per heavy atom. The fraction of sp³-hybridized carbons (Fsp3) is 0. The van der Waals surface area contributed by atoms with Crippen LogP contribution >= 0.6 is 22.6 Å². The highest BCUT2D eigenvalue weighted by molar-refractivity contribution is 14.1. The first-order valence-corrected chi connectivity index (χ1v) is 6.50. The number of hydrogen-bond donors (Lipinski definition) is 1. The summed E-state index contributed by atoms with van der Waals surface area (Å²) in [6.07, 6.45) is 3.21. The second-order valence-electron chi connectivity index (χ2n) is 3.77. The molecule has 0 spiro atoms. The molecular weight excluding hydrogens is 339 g/mol. The number of hydrogen-bond acceptors (Lipinski definition) is 2. The molecule has 90 valence electrons. The molecule has 0 radical (unpaired) electrons. The number of ketones is 1. The summed E-state index contributed by atoms with van der Waals surface area (Å²) >= 11 is 2.23. The second kappa shape index (κ2) is 5.82. The van der Waals surface area contributed by atoms with Crippen LogP contribution in [0.1, 0.15) is 15.9 Å². The van der Waals surface area contributed by atoms with Crippen LogP contribution in [-0.4, -0.2) is 10.9 Å². The molecule has 18 heavy (non-hydrogen) atoms. The van der Waals surface area contributed by atoms with Crippen LogP contribution in [-0.2, 0) is 0 Å². The third kappa shape index (κ3) is 3.20. The molecule has 1 N–H and O–H groups in total. The summed E-state index contributed by atoms with van der Waals surface area (Å²) in [5.41, 5.74) is 1.28. The summed E-state index contributed by atoms with van der Waals surface area (Å²) in [6, 6.07) is 14.4. The zero-order valence-corrected chi connectivity index (χ0v) is 11.7. The van der Waals surface area contributed by atoms with Gasteiger partial charge in [0.2, 0.25) is 0 Å². The SMILES string of the molecule is O=C(C=Cc1ccc(I)cc1)c1ccccc1O. The van der Waals surface area contributed by atoms with Gasteiger partial charge in [-0.15, -0.1) is 0 Å². The van der Waals surface area contributed by atoms with Crippen molar-refractivity contribution in [3.63, 3.8) is 0 Å². The largest absolute Gasteiger partial charge is 0.507 e. The summed E-state index contributed by atoms with van der Waals surface area (Å²) in [7, 11) is 0. The van der Waals surface area contributed by atoms with Crippen molar-refractivity contribution in [3.8, 4) is 5.75 Å². The van der Waals surface area contributed by atoms with Gasteiger partial charge in [0.15, 0.2) is 5.78 Å². The van der Waals surface area contributed by atoms with Crippen LogP contribution in [0.25, 0.3) is 6.08 Å². The van der Waals surface area contributed by atoms with Crippen molar-refractivity contribution in [1.29, 1.82) is 0 Å². The van der Waals surface area contributed by atoms with Gasteiger partial charge in [-0.25, -0.2) is 0 Å². The average molecular weight is 350 g/mol. The predicted molar refractivity (Wildman–Crippen MR) is 80.6 cm³/mol. The maximum atomic E-state index is 11.9. The fourth-order valence-corrected chi connectivity index (χ4v) is 1.88. The van der Waals surface area contributed by atoms with Crippen LogP contribution in [0.4, 0.5) is 0 Å². The molecule has 2 rings (SSSR count). The van der Waals surface area contributed by atoms with Crippen LogP contribution in [0, 0.1) is 3.57 Å². The van der Waals surface area contributed by atoms with Gasteiger partial charge < -0.3 is 5.11 Å². The van der Waals surface area contributed by atoms with E-state index in [1.807, 2.05) is 24.3 Å². The lowest BCUT2D eigenvalue weighted by atomic mass is 10.1. The lowest BCUT2D eigenvalue weighted by Crippen LogP contribution is -1.94. The van der Waals surface area contributed by atoms with Crippen molar-refractivity contribution in [1.82, 2.24) is 0 Å². The van der Waals surface area contributed by atoms with Gasteiger partial charge in [-0.1, -0.05) is 30.3 Å². The van der Waals surface area contributed by atoms with E-state index < -0.39 is 0 Å². The Morgan fingerprint density at radius 3 is 2.39 bits per heavy atom. The molecule has 0 amide bonds. The number of aromatic hydroxyl groups is 1. The minimum Gasteiger partial charge on any atom is -0.507 e. The van der Waals surface area contributed by atoms with E-state index in [1.54, 1.807) is 24.3 Å². The third-order valence-electron chi connectivity index (χ3n) is 2.47. The highest BCUT2D eigenvalue weighted by atomic mass is 127. The van der Waals surface area contributed by atoms with Gasteiger partial charge in [-0.05, 0) is 58.5 Å². The van der Waals surface area contributed by atoms with E-state index >= 15 is 0 Å². The zero-order valence-electron chi connectivity index (χ0n) is 9.51. The van der Waals surface area contributed by atoms with Crippen molar-refractivity contribution in [2.75, 3.05) is 0 Å². The number of phenols is 1. The van der Waals surface area contributed by atoms with E-state index in [1.165, 1.54) is 12.1 Å². The molecule has 0 aliphatic rings. The fourth-order valence-electron chi connectivity index (χ4n) is 1.52. The predicted octanol–water partition coefficient (Wildman–Crippen LogP) is 3.89. The summed E-state index contributed by atoms with van der Waals surface area (Å²) in [5, 5.41) is 9.56. The summed E-state index contributed by atoms with van der Waals surface area (Å²) in [6.45, 7) is 0. The highest BCUT2D eigenvalue weighted by Gasteiger charge is 2.06.